The summed E-state index contributed by atoms with van der Waals surface area (Å²) < 4.78 is 5.15. The third-order valence-electron chi connectivity index (χ3n) is 5.08. The van der Waals surface area contributed by atoms with Crippen LogP contribution in [0.15, 0.2) is 36.7 Å². The number of anilines is 1. The Labute approximate surface area is 141 Å². The minimum atomic E-state index is -0.385. The van der Waals surface area contributed by atoms with Crippen LogP contribution in [0.4, 0.5) is 5.82 Å². The lowest BCUT2D eigenvalue weighted by Crippen LogP contribution is -2.51. The molecule has 0 radical (unpaired) electrons. The van der Waals surface area contributed by atoms with Gasteiger partial charge in [-0.15, -0.1) is 0 Å². The molecule has 1 aromatic carbocycles. The molecule has 2 atom stereocenters. The summed E-state index contributed by atoms with van der Waals surface area (Å²) in [4.78, 5) is 13.3. The van der Waals surface area contributed by atoms with Crippen molar-refractivity contribution in [3.05, 3.63) is 47.8 Å². The Hall–Kier alpha value is -2.18. The first kappa shape index (κ1) is 15.4. The fraction of sp³-hybridized carbons (Fsp3) is 0.444. The molecule has 2 aromatic rings. The van der Waals surface area contributed by atoms with Crippen LogP contribution in [-0.4, -0.2) is 59.3 Å². The van der Waals surface area contributed by atoms with Crippen molar-refractivity contribution in [3.8, 4) is 5.88 Å². The van der Waals surface area contributed by atoms with Gasteiger partial charge in [-0.25, -0.2) is 0 Å². The van der Waals surface area contributed by atoms with E-state index in [2.05, 4.69) is 25.8 Å². The van der Waals surface area contributed by atoms with Crippen molar-refractivity contribution in [2.75, 3.05) is 38.2 Å². The van der Waals surface area contributed by atoms with Gasteiger partial charge in [-0.3, -0.25) is 9.88 Å². The van der Waals surface area contributed by atoms with Crippen molar-refractivity contribution in [2.45, 2.75) is 18.6 Å². The van der Waals surface area contributed by atoms with Gasteiger partial charge in [0.1, 0.15) is 0 Å². The van der Waals surface area contributed by atoms with E-state index in [-0.39, 0.29) is 12.1 Å². The molecule has 1 aromatic heterocycles. The summed E-state index contributed by atoms with van der Waals surface area (Å²) in [5, 5.41) is 10.7. The number of aliphatic hydroxyl groups excluding tert-OH is 1. The molecule has 4 rings (SSSR count). The average Bonchev–Trinajstić information content (AvgIpc) is 2.99. The van der Waals surface area contributed by atoms with Gasteiger partial charge in [0.05, 0.1) is 25.6 Å². The lowest BCUT2D eigenvalue weighted by molar-refractivity contribution is 0.0571. The molecule has 0 amide bonds. The first-order valence-electron chi connectivity index (χ1n) is 8.37. The smallest absolute Gasteiger partial charge is 0.233 e. The van der Waals surface area contributed by atoms with Crippen LogP contribution in [0.5, 0.6) is 5.88 Å². The number of hydrogen-bond donors (Lipinski definition) is 1. The summed E-state index contributed by atoms with van der Waals surface area (Å²) in [5.41, 5.74) is 2.36. The molecule has 2 heterocycles. The first-order valence-corrected chi connectivity index (χ1v) is 8.37. The molecule has 6 heteroatoms. The summed E-state index contributed by atoms with van der Waals surface area (Å²) in [6.07, 6.45) is 3.94. The summed E-state index contributed by atoms with van der Waals surface area (Å²) in [5.74, 6) is 1.39. The molecule has 1 N–H and O–H groups in total. The van der Waals surface area contributed by atoms with Crippen LogP contribution < -0.4 is 9.64 Å². The van der Waals surface area contributed by atoms with Crippen LogP contribution in [0.3, 0.4) is 0 Å². The summed E-state index contributed by atoms with van der Waals surface area (Å²) in [6.45, 7) is 3.58. The SMILES string of the molecule is COc1cncc(N2CCN(C3Cc4ccccc4C3O)CC2)n1. The second kappa shape index (κ2) is 6.37. The molecule has 6 nitrogen and oxygen atoms in total. The van der Waals surface area contributed by atoms with Crippen LogP contribution in [0, 0.1) is 0 Å². The predicted octanol–water partition coefficient (Wildman–Crippen LogP) is 1.27. The van der Waals surface area contributed by atoms with E-state index in [9.17, 15) is 5.11 Å². The van der Waals surface area contributed by atoms with E-state index in [1.807, 2.05) is 18.2 Å². The van der Waals surface area contributed by atoms with Crippen LogP contribution in [-0.2, 0) is 6.42 Å². The molecular formula is C18H22N4O2. The summed E-state index contributed by atoms with van der Waals surface area (Å²) >= 11 is 0. The lowest BCUT2D eigenvalue weighted by Gasteiger charge is -2.39. The lowest BCUT2D eigenvalue weighted by atomic mass is 10.1. The van der Waals surface area contributed by atoms with Crippen molar-refractivity contribution in [1.29, 1.82) is 0 Å². The van der Waals surface area contributed by atoms with Gasteiger partial charge in [-0.2, -0.15) is 4.98 Å². The Kier molecular flexibility index (Phi) is 4.08. The van der Waals surface area contributed by atoms with E-state index in [0.29, 0.717) is 5.88 Å². The second-order valence-corrected chi connectivity index (χ2v) is 6.36. The van der Waals surface area contributed by atoms with Crippen molar-refractivity contribution in [2.24, 2.45) is 0 Å². The second-order valence-electron chi connectivity index (χ2n) is 6.36. The van der Waals surface area contributed by atoms with Gasteiger partial charge in [0.2, 0.25) is 5.88 Å². The molecule has 0 bridgehead atoms. The fourth-order valence-corrected chi connectivity index (χ4v) is 3.75. The molecule has 0 spiro atoms. The van der Waals surface area contributed by atoms with Crippen molar-refractivity contribution in [3.63, 3.8) is 0 Å². The number of fused-ring (bicyclic) bond motifs is 1. The van der Waals surface area contributed by atoms with Gasteiger partial charge < -0.3 is 14.7 Å². The van der Waals surface area contributed by atoms with Crippen LogP contribution in [0.2, 0.25) is 0 Å². The number of methoxy groups -OCH3 is 1. The maximum absolute atomic E-state index is 10.7. The maximum Gasteiger partial charge on any atom is 0.233 e. The fourth-order valence-electron chi connectivity index (χ4n) is 3.75. The van der Waals surface area contributed by atoms with E-state index in [0.717, 1.165) is 44.0 Å². The molecule has 24 heavy (non-hydrogen) atoms. The molecular weight excluding hydrogens is 304 g/mol. The normalized spacial score (nSPS) is 24.0. The van der Waals surface area contributed by atoms with E-state index < -0.39 is 0 Å². The quantitative estimate of drug-likeness (QED) is 0.916. The van der Waals surface area contributed by atoms with E-state index in [4.69, 9.17) is 4.74 Å². The Morgan fingerprint density at radius 3 is 2.67 bits per heavy atom. The van der Waals surface area contributed by atoms with E-state index >= 15 is 0 Å². The predicted molar refractivity (Wildman–Crippen MR) is 91.3 cm³/mol. The monoisotopic (exact) mass is 326 g/mol. The summed E-state index contributed by atoms with van der Waals surface area (Å²) in [6, 6.07) is 8.40. The average molecular weight is 326 g/mol. The molecule has 1 aliphatic carbocycles. The van der Waals surface area contributed by atoms with Crippen LogP contribution in [0.25, 0.3) is 0 Å². The van der Waals surface area contributed by atoms with Crippen LogP contribution >= 0.6 is 0 Å². The Morgan fingerprint density at radius 1 is 1.12 bits per heavy atom. The zero-order chi connectivity index (χ0) is 16.5. The third kappa shape index (κ3) is 2.72. The van der Waals surface area contributed by atoms with E-state index in [1.54, 1.807) is 19.5 Å². The van der Waals surface area contributed by atoms with Crippen molar-refractivity contribution < 1.29 is 9.84 Å². The molecule has 0 saturated carbocycles. The highest BCUT2D eigenvalue weighted by Gasteiger charge is 2.36. The van der Waals surface area contributed by atoms with Gasteiger partial charge in [0.25, 0.3) is 0 Å². The van der Waals surface area contributed by atoms with Gasteiger partial charge in [0.15, 0.2) is 5.82 Å². The number of nitrogens with zero attached hydrogens (tertiary/aromatic N) is 4. The minimum Gasteiger partial charge on any atom is -0.480 e. The summed E-state index contributed by atoms with van der Waals surface area (Å²) in [7, 11) is 1.60. The molecule has 1 aliphatic heterocycles. The largest absolute Gasteiger partial charge is 0.480 e. The number of hydrogen-bond acceptors (Lipinski definition) is 6. The maximum atomic E-state index is 10.7. The molecule has 1 fully saturated rings. The van der Waals surface area contributed by atoms with Gasteiger partial charge in [-0.1, -0.05) is 24.3 Å². The molecule has 126 valence electrons. The van der Waals surface area contributed by atoms with Crippen LogP contribution in [0.1, 0.15) is 17.2 Å². The van der Waals surface area contributed by atoms with Crippen molar-refractivity contribution in [1.82, 2.24) is 14.9 Å². The first-order chi connectivity index (χ1) is 11.8. The molecule has 1 saturated heterocycles. The number of benzene rings is 1. The highest BCUT2D eigenvalue weighted by molar-refractivity contribution is 5.39. The molecule has 2 aliphatic rings. The number of aliphatic hydroxyl groups is 1. The third-order valence-corrected chi connectivity index (χ3v) is 5.08. The number of aromatic nitrogens is 2. The minimum absolute atomic E-state index is 0.181. The van der Waals surface area contributed by atoms with E-state index in [1.165, 1.54) is 5.56 Å². The standard InChI is InChI=1S/C18H22N4O2/c1-24-17-12-19-11-16(20-17)22-8-6-21(7-9-22)15-10-13-4-2-3-5-14(13)18(15)23/h2-5,11-12,15,18,23H,6-10H2,1H3. The Bertz CT molecular complexity index is 716. The highest BCUT2D eigenvalue weighted by Crippen LogP contribution is 2.34. The topological polar surface area (TPSA) is 61.7 Å². The zero-order valence-corrected chi connectivity index (χ0v) is 13.8. The highest BCUT2D eigenvalue weighted by atomic mass is 16.5. The number of ether oxygens (including phenoxy) is 1. The Morgan fingerprint density at radius 2 is 1.92 bits per heavy atom. The van der Waals surface area contributed by atoms with Gasteiger partial charge in [-0.05, 0) is 17.5 Å². The van der Waals surface area contributed by atoms with Gasteiger partial charge in [0, 0.05) is 32.2 Å². The van der Waals surface area contributed by atoms with Crippen molar-refractivity contribution >= 4 is 5.82 Å². The number of rotatable bonds is 3. The number of piperazine rings is 1. The zero-order valence-electron chi connectivity index (χ0n) is 13.8. The van der Waals surface area contributed by atoms with Gasteiger partial charge >= 0.3 is 0 Å². The molecule has 2 unspecified atom stereocenters. The Balaban J connectivity index is 1.42.